The Kier molecular flexibility index (Phi) is 6.29. The van der Waals surface area contributed by atoms with Gasteiger partial charge in [0, 0.05) is 5.41 Å². The minimum absolute atomic E-state index is 0.223. The van der Waals surface area contributed by atoms with Crippen LogP contribution in [-0.2, 0) is 12.0 Å². The smallest absolute Gasteiger partial charge is 0.119 e. The van der Waals surface area contributed by atoms with Crippen LogP contribution in [-0.4, -0.2) is 12.2 Å². The van der Waals surface area contributed by atoms with Gasteiger partial charge in [-0.2, -0.15) is 0 Å². The molecular formula is C23H32O2. The van der Waals surface area contributed by atoms with Gasteiger partial charge in [0.2, 0.25) is 0 Å². The quantitative estimate of drug-likeness (QED) is 0.436. The van der Waals surface area contributed by atoms with Gasteiger partial charge in [-0.05, 0) is 80.7 Å². The van der Waals surface area contributed by atoms with Crippen LogP contribution >= 0.6 is 0 Å². The molecule has 0 saturated carbocycles. The van der Waals surface area contributed by atoms with E-state index in [2.05, 4.69) is 25.8 Å². The van der Waals surface area contributed by atoms with Gasteiger partial charge in [0.1, 0.15) is 11.4 Å². The number of ether oxygens (including phenoxy) is 1. The van der Waals surface area contributed by atoms with Crippen LogP contribution in [0.4, 0.5) is 0 Å². The molecule has 1 atom stereocenters. The third-order valence-corrected chi connectivity index (χ3v) is 5.74. The fourth-order valence-corrected chi connectivity index (χ4v) is 4.49. The molecule has 2 rings (SSSR count). The summed E-state index contributed by atoms with van der Waals surface area (Å²) in [6.45, 7) is 13.8. The lowest BCUT2D eigenvalue weighted by Gasteiger charge is -2.44. The van der Waals surface area contributed by atoms with Crippen molar-refractivity contribution in [1.29, 1.82) is 0 Å². The van der Waals surface area contributed by atoms with Gasteiger partial charge in [-0.3, -0.25) is 0 Å². The van der Waals surface area contributed by atoms with Crippen LogP contribution in [0.15, 0.2) is 55.7 Å². The Morgan fingerprint density at radius 2 is 1.80 bits per heavy atom. The number of hydrogen-bond acceptors (Lipinski definition) is 2. The maximum Gasteiger partial charge on any atom is 0.119 e. The third-order valence-electron chi connectivity index (χ3n) is 5.74. The first-order valence-corrected chi connectivity index (χ1v) is 9.22. The molecule has 136 valence electrons. The van der Waals surface area contributed by atoms with E-state index in [-0.39, 0.29) is 5.41 Å². The number of allylic oxidation sites excluding steroid dienone is 2. The van der Waals surface area contributed by atoms with Crippen molar-refractivity contribution in [2.75, 3.05) is 7.11 Å². The van der Waals surface area contributed by atoms with E-state index in [1.807, 2.05) is 31.2 Å². The molecule has 1 unspecified atom stereocenters. The number of fused-ring (bicyclic) bond motifs is 1. The minimum atomic E-state index is -0.989. The van der Waals surface area contributed by atoms with Crippen LogP contribution in [0.5, 0.6) is 5.75 Å². The minimum Gasteiger partial charge on any atom is -0.497 e. The summed E-state index contributed by atoms with van der Waals surface area (Å²) in [5.74, 6) is 0.843. The first kappa shape index (κ1) is 19.5. The summed E-state index contributed by atoms with van der Waals surface area (Å²) in [6, 6.07) is 6.04. The normalized spacial score (nSPS) is 20.8. The topological polar surface area (TPSA) is 29.5 Å². The number of methoxy groups -OCH3 is 1. The standard InChI is InChI=1S/C23H32O2/c1-6-8-10-14-22(15-11-9-7-2)17-19-16-20(25-5)12-13-21(19)23(22,24)18(3)4/h6-7,12-13,16,24H,1-3,8-11,14-15,17H2,4-5H3. The molecular weight excluding hydrogens is 308 g/mol. The zero-order valence-electron chi connectivity index (χ0n) is 15.8. The Labute approximate surface area is 152 Å². The van der Waals surface area contributed by atoms with E-state index >= 15 is 0 Å². The van der Waals surface area contributed by atoms with Crippen LogP contribution < -0.4 is 4.74 Å². The van der Waals surface area contributed by atoms with Gasteiger partial charge in [-0.25, -0.2) is 0 Å². The predicted molar refractivity (Wildman–Crippen MR) is 106 cm³/mol. The summed E-state index contributed by atoms with van der Waals surface area (Å²) in [7, 11) is 1.68. The average Bonchev–Trinajstić information content (AvgIpc) is 2.85. The lowest BCUT2D eigenvalue weighted by atomic mass is 9.64. The molecule has 2 heteroatoms. The molecule has 1 aromatic rings. The van der Waals surface area contributed by atoms with E-state index in [9.17, 15) is 5.11 Å². The van der Waals surface area contributed by atoms with Gasteiger partial charge in [-0.15, -0.1) is 13.2 Å². The van der Waals surface area contributed by atoms with Gasteiger partial charge < -0.3 is 9.84 Å². The lowest BCUT2D eigenvalue weighted by molar-refractivity contribution is -0.0587. The van der Waals surface area contributed by atoms with Crippen molar-refractivity contribution >= 4 is 0 Å². The van der Waals surface area contributed by atoms with Crippen LogP contribution in [0.1, 0.15) is 56.6 Å². The Hall–Kier alpha value is -1.80. The molecule has 0 radical (unpaired) electrons. The Morgan fingerprint density at radius 3 is 2.28 bits per heavy atom. The molecule has 0 bridgehead atoms. The molecule has 1 aliphatic rings. The highest BCUT2D eigenvalue weighted by Gasteiger charge is 2.56. The Morgan fingerprint density at radius 1 is 1.20 bits per heavy atom. The van der Waals surface area contributed by atoms with E-state index in [0.717, 1.165) is 61.8 Å². The summed E-state index contributed by atoms with van der Waals surface area (Å²) < 4.78 is 5.40. The number of benzene rings is 1. The van der Waals surface area contributed by atoms with Crippen molar-refractivity contribution in [3.8, 4) is 5.75 Å². The molecule has 1 aliphatic carbocycles. The van der Waals surface area contributed by atoms with Gasteiger partial charge >= 0.3 is 0 Å². The summed E-state index contributed by atoms with van der Waals surface area (Å²) in [6.07, 6.45) is 10.7. The summed E-state index contributed by atoms with van der Waals surface area (Å²) in [5, 5.41) is 11.9. The number of unbranched alkanes of at least 4 members (excludes halogenated alkanes) is 2. The van der Waals surface area contributed by atoms with E-state index in [0.29, 0.717) is 0 Å². The van der Waals surface area contributed by atoms with Crippen LogP contribution in [0.2, 0.25) is 0 Å². The van der Waals surface area contributed by atoms with Crippen molar-refractivity contribution in [1.82, 2.24) is 0 Å². The summed E-state index contributed by atoms with van der Waals surface area (Å²) in [4.78, 5) is 0. The molecule has 0 saturated heterocycles. The second-order valence-corrected chi connectivity index (χ2v) is 7.33. The Balaban J connectivity index is 2.49. The largest absolute Gasteiger partial charge is 0.497 e. The first-order valence-electron chi connectivity index (χ1n) is 9.22. The second-order valence-electron chi connectivity index (χ2n) is 7.33. The summed E-state index contributed by atoms with van der Waals surface area (Å²) in [5.41, 5.74) is 1.80. The van der Waals surface area contributed by atoms with Crippen LogP contribution in [0, 0.1) is 5.41 Å². The van der Waals surface area contributed by atoms with Crippen molar-refractivity contribution in [2.24, 2.45) is 5.41 Å². The third kappa shape index (κ3) is 3.46. The second kappa shape index (κ2) is 8.05. The molecule has 0 aromatic heterocycles. The van der Waals surface area contributed by atoms with Crippen molar-refractivity contribution < 1.29 is 9.84 Å². The molecule has 0 fully saturated rings. The highest BCUT2D eigenvalue weighted by Crippen LogP contribution is 2.59. The molecule has 0 aliphatic heterocycles. The highest BCUT2D eigenvalue weighted by molar-refractivity contribution is 5.49. The fourth-order valence-electron chi connectivity index (χ4n) is 4.49. The van der Waals surface area contributed by atoms with Gasteiger partial charge in [-0.1, -0.05) is 24.8 Å². The van der Waals surface area contributed by atoms with Gasteiger partial charge in [0.15, 0.2) is 0 Å². The molecule has 1 N–H and O–H groups in total. The number of aliphatic hydroxyl groups is 1. The van der Waals surface area contributed by atoms with Gasteiger partial charge in [0.25, 0.3) is 0 Å². The zero-order valence-corrected chi connectivity index (χ0v) is 15.8. The maximum absolute atomic E-state index is 11.9. The molecule has 0 heterocycles. The Bertz CT molecular complexity index is 629. The van der Waals surface area contributed by atoms with Crippen molar-refractivity contribution in [2.45, 2.75) is 57.5 Å². The molecule has 2 nitrogen and oxygen atoms in total. The fraction of sp³-hybridized carbons (Fsp3) is 0.478. The zero-order chi connectivity index (χ0) is 18.5. The monoisotopic (exact) mass is 340 g/mol. The van der Waals surface area contributed by atoms with Crippen molar-refractivity contribution in [3.05, 3.63) is 66.8 Å². The van der Waals surface area contributed by atoms with Crippen LogP contribution in [0.25, 0.3) is 0 Å². The van der Waals surface area contributed by atoms with E-state index in [1.165, 1.54) is 5.56 Å². The molecule has 0 spiro atoms. The number of rotatable bonds is 10. The summed E-state index contributed by atoms with van der Waals surface area (Å²) >= 11 is 0. The van der Waals surface area contributed by atoms with E-state index in [4.69, 9.17) is 4.74 Å². The van der Waals surface area contributed by atoms with E-state index < -0.39 is 5.60 Å². The molecule has 1 aromatic carbocycles. The lowest BCUT2D eigenvalue weighted by Crippen LogP contribution is -2.43. The molecule has 25 heavy (non-hydrogen) atoms. The van der Waals surface area contributed by atoms with Crippen LogP contribution in [0.3, 0.4) is 0 Å². The predicted octanol–water partition coefficient (Wildman–Crippen LogP) is 5.71. The highest BCUT2D eigenvalue weighted by atomic mass is 16.5. The SMILES string of the molecule is C=CCCCC1(CCCC=C)Cc2cc(OC)ccc2C1(O)C(=C)C. The average molecular weight is 341 g/mol. The number of hydrogen-bond donors (Lipinski definition) is 1. The first-order chi connectivity index (χ1) is 11.9. The molecule has 0 amide bonds. The van der Waals surface area contributed by atoms with Gasteiger partial charge in [0.05, 0.1) is 7.11 Å². The van der Waals surface area contributed by atoms with Crippen molar-refractivity contribution in [3.63, 3.8) is 0 Å². The maximum atomic E-state index is 11.9. The van der Waals surface area contributed by atoms with E-state index in [1.54, 1.807) is 7.11 Å².